The van der Waals surface area contributed by atoms with Crippen LogP contribution in [0.25, 0.3) is 0 Å². The van der Waals surface area contributed by atoms with Crippen molar-refractivity contribution in [3.05, 3.63) is 28.3 Å². The van der Waals surface area contributed by atoms with Gasteiger partial charge in [-0.15, -0.1) is 0 Å². The number of carbonyl (C=O) groups excluding carboxylic acids is 1. The topological polar surface area (TPSA) is 144 Å². The van der Waals surface area contributed by atoms with Crippen molar-refractivity contribution >= 4 is 27.3 Å². The Morgan fingerprint density at radius 3 is 2.76 bits per heavy atom. The van der Waals surface area contributed by atoms with E-state index in [1.54, 1.807) is 0 Å². The van der Waals surface area contributed by atoms with E-state index in [4.69, 9.17) is 5.73 Å². The fraction of sp³-hybridized carbons (Fsp3) is 0.364. The Balaban J connectivity index is 2.38. The molecule has 1 aliphatic heterocycles. The summed E-state index contributed by atoms with van der Waals surface area (Å²) >= 11 is 0. The third-order valence-electron chi connectivity index (χ3n) is 3.09. The first-order chi connectivity index (χ1) is 9.83. The zero-order valence-electron chi connectivity index (χ0n) is 10.9. The van der Waals surface area contributed by atoms with E-state index in [0.29, 0.717) is 19.4 Å². The zero-order chi connectivity index (χ0) is 15.6. The van der Waals surface area contributed by atoms with Gasteiger partial charge in [-0.3, -0.25) is 14.9 Å². The molecule has 1 atom stereocenters. The molecule has 21 heavy (non-hydrogen) atoms. The Hall–Kier alpha value is -2.20. The number of para-hydroxylation sites is 1. The molecule has 1 saturated heterocycles. The van der Waals surface area contributed by atoms with Crippen LogP contribution >= 0.6 is 0 Å². The largest absolute Gasteiger partial charge is 0.393 e. The van der Waals surface area contributed by atoms with Gasteiger partial charge in [-0.25, -0.2) is 8.42 Å². The highest BCUT2D eigenvalue weighted by molar-refractivity contribution is 7.89. The maximum Gasteiger partial charge on any atom is 0.312 e. The van der Waals surface area contributed by atoms with Gasteiger partial charge >= 0.3 is 5.69 Å². The Kier molecular flexibility index (Phi) is 4.09. The first-order valence-electron chi connectivity index (χ1n) is 6.16. The molecular formula is C11H14N4O5S. The highest BCUT2D eigenvalue weighted by Gasteiger charge is 2.33. The van der Waals surface area contributed by atoms with E-state index in [0.717, 1.165) is 6.07 Å². The van der Waals surface area contributed by atoms with Crippen LogP contribution in [-0.4, -0.2) is 31.8 Å². The van der Waals surface area contributed by atoms with Gasteiger partial charge in [0.1, 0.15) is 11.7 Å². The van der Waals surface area contributed by atoms with Crippen LogP contribution in [0.4, 0.5) is 11.4 Å². The third-order valence-corrected chi connectivity index (χ3v) is 4.59. The molecule has 0 spiro atoms. The van der Waals surface area contributed by atoms with Crippen LogP contribution in [0.15, 0.2) is 23.1 Å². The number of piperidine rings is 1. The first-order valence-corrected chi connectivity index (χ1v) is 7.64. The smallest absolute Gasteiger partial charge is 0.312 e. The Labute approximate surface area is 120 Å². The average Bonchev–Trinajstić information content (AvgIpc) is 2.40. The Morgan fingerprint density at radius 2 is 2.14 bits per heavy atom. The lowest BCUT2D eigenvalue weighted by Crippen LogP contribution is -2.50. The van der Waals surface area contributed by atoms with Crippen molar-refractivity contribution in [3.8, 4) is 0 Å². The van der Waals surface area contributed by atoms with Crippen molar-refractivity contribution in [2.24, 2.45) is 0 Å². The number of anilines is 1. The fourth-order valence-corrected chi connectivity index (χ4v) is 3.52. The number of nitrogens with zero attached hydrogens (tertiary/aromatic N) is 1. The van der Waals surface area contributed by atoms with E-state index in [9.17, 15) is 23.3 Å². The minimum Gasteiger partial charge on any atom is -0.393 e. The monoisotopic (exact) mass is 314 g/mol. The normalized spacial score (nSPS) is 19.0. The molecule has 1 aromatic rings. The summed E-state index contributed by atoms with van der Waals surface area (Å²) in [5, 5.41) is 13.5. The molecule has 1 aliphatic rings. The van der Waals surface area contributed by atoms with E-state index < -0.39 is 37.5 Å². The molecule has 4 N–H and O–H groups in total. The van der Waals surface area contributed by atoms with E-state index >= 15 is 0 Å². The number of carbonyl (C=O) groups is 1. The van der Waals surface area contributed by atoms with Gasteiger partial charge in [0.2, 0.25) is 15.9 Å². The number of nitrogen functional groups attached to an aromatic ring is 1. The second-order valence-electron chi connectivity index (χ2n) is 4.56. The van der Waals surface area contributed by atoms with E-state index in [1.165, 1.54) is 12.1 Å². The quantitative estimate of drug-likeness (QED) is 0.396. The number of benzene rings is 1. The summed E-state index contributed by atoms with van der Waals surface area (Å²) in [5.74, 6) is -0.448. The minimum absolute atomic E-state index is 0.254. The second-order valence-corrected chi connectivity index (χ2v) is 6.24. The summed E-state index contributed by atoms with van der Waals surface area (Å²) in [6.45, 7) is 0.482. The maximum atomic E-state index is 12.3. The zero-order valence-corrected chi connectivity index (χ0v) is 11.7. The lowest BCUT2D eigenvalue weighted by atomic mass is 10.1. The van der Waals surface area contributed by atoms with E-state index in [1.807, 2.05) is 0 Å². The van der Waals surface area contributed by atoms with Gasteiger partial charge in [0.05, 0.1) is 4.92 Å². The van der Waals surface area contributed by atoms with Crippen molar-refractivity contribution < 1.29 is 18.1 Å². The van der Waals surface area contributed by atoms with Gasteiger partial charge in [-0.2, -0.15) is 4.72 Å². The molecule has 0 aromatic heterocycles. The molecule has 10 heteroatoms. The minimum atomic E-state index is -4.22. The summed E-state index contributed by atoms with van der Waals surface area (Å²) in [6.07, 6.45) is 0.957. The number of amides is 1. The SMILES string of the molecule is Nc1cccc(S(=O)(=O)NC2CCCNC2=O)c1[N+](=O)[O-]. The predicted octanol–water partition coefficient (Wildman–Crippen LogP) is -0.266. The van der Waals surface area contributed by atoms with Gasteiger partial charge in [0.25, 0.3) is 0 Å². The van der Waals surface area contributed by atoms with Gasteiger partial charge in [0, 0.05) is 6.54 Å². The van der Waals surface area contributed by atoms with Gasteiger partial charge < -0.3 is 11.1 Å². The van der Waals surface area contributed by atoms with Crippen LogP contribution in [0.2, 0.25) is 0 Å². The molecule has 1 unspecified atom stereocenters. The number of rotatable bonds is 4. The standard InChI is InChI=1S/C11H14N4O5S/c12-7-3-1-5-9(10(7)15(17)18)21(19,20)14-8-4-2-6-13-11(8)16/h1,3,5,8,14H,2,4,6,12H2,(H,13,16). The maximum absolute atomic E-state index is 12.3. The van der Waals surface area contributed by atoms with Gasteiger partial charge in [-0.1, -0.05) is 6.07 Å². The van der Waals surface area contributed by atoms with Crippen molar-refractivity contribution in [1.29, 1.82) is 0 Å². The number of nitrogens with two attached hydrogens (primary N) is 1. The van der Waals surface area contributed by atoms with Crippen LogP contribution in [0.3, 0.4) is 0 Å². The number of hydrogen-bond acceptors (Lipinski definition) is 6. The summed E-state index contributed by atoms with van der Waals surface area (Å²) in [6, 6.07) is 2.68. The first kappa shape index (κ1) is 15.2. The Bertz CT molecular complexity index is 688. The third kappa shape index (κ3) is 3.11. The number of hydrogen-bond donors (Lipinski definition) is 3. The van der Waals surface area contributed by atoms with E-state index in [-0.39, 0.29) is 5.69 Å². The van der Waals surface area contributed by atoms with Crippen LogP contribution in [-0.2, 0) is 14.8 Å². The van der Waals surface area contributed by atoms with Gasteiger partial charge in [-0.05, 0) is 25.0 Å². The predicted molar refractivity (Wildman–Crippen MR) is 73.9 cm³/mol. The average molecular weight is 314 g/mol. The number of nitro benzene ring substituents is 1. The molecule has 1 fully saturated rings. The highest BCUT2D eigenvalue weighted by Crippen LogP contribution is 2.29. The van der Waals surface area contributed by atoms with Crippen molar-refractivity contribution in [2.75, 3.05) is 12.3 Å². The summed E-state index contributed by atoms with van der Waals surface area (Å²) < 4.78 is 26.7. The highest BCUT2D eigenvalue weighted by atomic mass is 32.2. The fourth-order valence-electron chi connectivity index (χ4n) is 2.09. The lowest BCUT2D eigenvalue weighted by Gasteiger charge is -2.22. The number of nitrogens with one attached hydrogen (secondary N) is 2. The lowest BCUT2D eigenvalue weighted by molar-refractivity contribution is -0.386. The van der Waals surface area contributed by atoms with Crippen molar-refractivity contribution in [3.63, 3.8) is 0 Å². The Morgan fingerprint density at radius 1 is 1.43 bits per heavy atom. The van der Waals surface area contributed by atoms with Crippen molar-refractivity contribution in [1.82, 2.24) is 10.0 Å². The summed E-state index contributed by atoms with van der Waals surface area (Å²) in [5.41, 5.74) is 4.52. The van der Waals surface area contributed by atoms with E-state index in [2.05, 4.69) is 10.0 Å². The molecule has 114 valence electrons. The second kappa shape index (κ2) is 5.66. The summed E-state index contributed by atoms with van der Waals surface area (Å²) in [4.78, 5) is 21.2. The number of sulfonamides is 1. The molecule has 2 rings (SSSR count). The molecule has 0 bridgehead atoms. The molecule has 0 saturated carbocycles. The number of nitro groups is 1. The van der Waals surface area contributed by atoms with Crippen LogP contribution < -0.4 is 15.8 Å². The molecule has 1 amide bonds. The van der Waals surface area contributed by atoms with Crippen molar-refractivity contribution in [2.45, 2.75) is 23.8 Å². The van der Waals surface area contributed by atoms with Crippen LogP contribution in [0.1, 0.15) is 12.8 Å². The molecule has 1 heterocycles. The molecule has 1 aromatic carbocycles. The molecule has 0 aliphatic carbocycles. The van der Waals surface area contributed by atoms with Gasteiger partial charge in [0.15, 0.2) is 4.90 Å². The molecule has 9 nitrogen and oxygen atoms in total. The molecule has 0 radical (unpaired) electrons. The van der Waals surface area contributed by atoms with Crippen LogP contribution in [0.5, 0.6) is 0 Å². The molecular weight excluding hydrogens is 300 g/mol. The summed E-state index contributed by atoms with van der Waals surface area (Å²) in [7, 11) is -4.22. The van der Waals surface area contributed by atoms with Crippen LogP contribution in [0, 0.1) is 10.1 Å².